The van der Waals surface area contributed by atoms with Gasteiger partial charge in [-0.25, -0.2) is 0 Å². The normalized spacial score (nSPS) is 34.9. The van der Waals surface area contributed by atoms with E-state index in [1.807, 2.05) is 37.3 Å². The highest BCUT2D eigenvalue weighted by atomic mass is 32.2. The third-order valence-electron chi connectivity index (χ3n) is 2.61. The molecule has 0 saturated carbocycles. The van der Waals surface area contributed by atoms with Gasteiger partial charge in [0, 0.05) is 11.3 Å². The molecule has 2 N–H and O–H groups in total. The van der Waals surface area contributed by atoms with Gasteiger partial charge in [0.25, 0.3) is 0 Å². The largest absolute Gasteiger partial charge is 0.390 e. The summed E-state index contributed by atoms with van der Waals surface area (Å²) < 4.78 is 5.63. The Balaban J connectivity index is 2.03. The van der Waals surface area contributed by atoms with Crippen molar-refractivity contribution in [3.8, 4) is 0 Å². The molecule has 1 aromatic rings. The second-order valence-corrected chi connectivity index (χ2v) is 5.21. The van der Waals surface area contributed by atoms with Crippen LogP contribution in [0.3, 0.4) is 0 Å². The molecule has 4 atom stereocenters. The molecule has 0 spiro atoms. The fourth-order valence-electron chi connectivity index (χ4n) is 1.76. The monoisotopic (exact) mass is 240 g/mol. The number of hydrogen-bond acceptors (Lipinski definition) is 4. The van der Waals surface area contributed by atoms with Gasteiger partial charge >= 0.3 is 0 Å². The molecule has 88 valence electrons. The predicted octanol–water partition coefficient (Wildman–Crippen LogP) is 1.64. The summed E-state index contributed by atoms with van der Waals surface area (Å²) in [4.78, 5) is 1.04. The van der Waals surface area contributed by atoms with E-state index < -0.39 is 12.2 Å². The number of ether oxygens (including phenoxy) is 1. The van der Waals surface area contributed by atoms with Gasteiger partial charge in [-0.2, -0.15) is 0 Å². The summed E-state index contributed by atoms with van der Waals surface area (Å²) in [7, 11) is 0. The van der Waals surface area contributed by atoms with Crippen LogP contribution in [0.2, 0.25) is 0 Å². The maximum absolute atomic E-state index is 9.82. The van der Waals surface area contributed by atoms with Crippen LogP contribution in [-0.2, 0) is 4.74 Å². The molecule has 4 heteroatoms. The molecule has 0 radical (unpaired) electrons. The van der Waals surface area contributed by atoms with Gasteiger partial charge in [0.1, 0.15) is 11.5 Å². The van der Waals surface area contributed by atoms with Crippen LogP contribution in [0.4, 0.5) is 0 Å². The fraction of sp³-hybridized carbons (Fsp3) is 0.500. The van der Waals surface area contributed by atoms with Gasteiger partial charge in [-0.3, -0.25) is 0 Å². The number of aliphatic hydroxyl groups excluding tert-OH is 2. The highest BCUT2D eigenvalue weighted by Crippen LogP contribution is 2.32. The van der Waals surface area contributed by atoms with Gasteiger partial charge in [-0.05, 0) is 19.1 Å². The number of rotatable bonds is 2. The summed E-state index contributed by atoms with van der Waals surface area (Å²) in [6.07, 6.45) is -1.03. The molecular formula is C12H16O3S. The minimum atomic E-state index is -0.818. The van der Waals surface area contributed by atoms with Crippen molar-refractivity contribution in [2.75, 3.05) is 0 Å². The van der Waals surface area contributed by atoms with Crippen LogP contribution in [-0.4, -0.2) is 34.0 Å². The molecule has 1 aliphatic heterocycles. The molecule has 1 fully saturated rings. The van der Waals surface area contributed by atoms with Crippen molar-refractivity contribution in [2.45, 2.75) is 42.0 Å². The molecule has 0 bridgehead atoms. The minimum absolute atomic E-state index is 0.0142. The second kappa shape index (κ2) is 5.19. The molecular weight excluding hydrogens is 224 g/mol. The zero-order chi connectivity index (χ0) is 11.5. The van der Waals surface area contributed by atoms with E-state index in [9.17, 15) is 10.2 Å². The Morgan fingerprint density at radius 1 is 1.25 bits per heavy atom. The molecule has 1 aromatic carbocycles. The zero-order valence-electron chi connectivity index (χ0n) is 9.11. The molecule has 1 saturated heterocycles. The Morgan fingerprint density at radius 3 is 2.62 bits per heavy atom. The Kier molecular flexibility index (Phi) is 3.86. The van der Waals surface area contributed by atoms with E-state index in [-0.39, 0.29) is 11.5 Å². The second-order valence-electron chi connectivity index (χ2n) is 4.04. The van der Waals surface area contributed by atoms with Crippen LogP contribution in [0, 0.1) is 0 Å². The Labute approximate surface area is 99.4 Å². The number of hydrogen-bond donors (Lipinski definition) is 2. The van der Waals surface area contributed by atoms with Crippen molar-refractivity contribution in [3.63, 3.8) is 0 Å². The highest BCUT2D eigenvalue weighted by molar-refractivity contribution is 7.99. The van der Waals surface area contributed by atoms with Crippen molar-refractivity contribution >= 4 is 11.8 Å². The molecule has 1 aliphatic rings. The van der Waals surface area contributed by atoms with E-state index in [4.69, 9.17) is 4.74 Å². The van der Waals surface area contributed by atoms with Gasteiger partial charge in [0.2, 0.25) is 0 Å². The van der Waals surface area contributed by atoms with Crippen LogP contribution < -0.4 is 0 Å². The first-order valence-electron chi connectivity index (χ1n) is 5.40. The highest BCUT2D eigenvalue weighted by Gasteiger charge is 2.35. The lowest BCUT2D eigenvalue weighted by Crippen LogP contribution is -2.45. The molecule has 2 rings (SSSR count). The Bertz CT molecular complexity index is 330. The van der Waals surface area contributed by atoms with Crippen molar-refractivity contribution in [2.24, 2.45) is 0 Å². The Morgan fingerprint density at radius 2 is 1.94 bits per heavy atom. The summed E-state index contributed by atoms with van der Waals surface area (Å²) in [5.41, 5.74) is -0.388. The molecule has 0 amide bonds. The van der Waals surface area contributed by atoms with Gasteiger partial charge in [0.05, 0.1) is 12.2 Å². The van der Waals surface area contributed by atoms with E-state index in [1.165, 1.54) is 11.8 Å². The van der Waals surface area contributed by atoms with Crippen LogP contribution >= 0.6 is 11.8 Å². The smallest absolute Gasteiger partial charge is 0.136 e. The van der Waals surface area contributed by atoms with E-state index in [2.05, 4.69) is 0 Å². The third-order valence-corrected chi connectivity index (χ3v) is 3.77. The van der Waals surface area contributed by atoms with Crippen LogP contribution in [0.25, 0.3) is 0 Å². The van der Waals surface area contributed by atoms with Crippen LogP contribution in [0.5, 0.6) is 0 Å². The number of aliphatic hydroxyl groups is 2. The van der Waals surface area contributed by atoms with E-state index in [0.29, 0.717) is 6.42 Å². The average Bonchev–Trinajstić information content (AvgIpc) is 2.27. The minimum Gasteiger partial charge on any atom is -0.390 e. The van der Waals surface area contributed by atoms with Gasteiger partial charge in [0.15, 0.2) is 0 Å². The lowest BCUT2D eigenvalue weighted by Gasteiger charge is -2.35. The topological polar surface area (TPSA) is 49.7 Å². The predicted molar refractivity (Wildman–Crippen MR) is 63.3 cm³/mol. The van der Waals surface area contributed by atoms with Gasteiger partial charge in [-0.15, -0.1) is 0 Å². The summed E-state index contributed by atoms with van der Waals surface area (Å²) >= 11 is 1.45. The number of benzene rings is 1. The van der Waals surface area contributed by atoms with Crippen molar-refractivity contribution < 1.29 is 14.9 Å². The van der Waals surface area contributed by atoms with Gasteiger partial charge in [-0.1, -0.05) is 30.0 Å². The van der Waals surface area contributed by atoms with E-state index >= 15 is 0 Å². The van der Waals surface area contributed by atoms with Crippen LogP contribution in [0.1, 0.15) is 13.3 Å². The summed E-state index contributed by atoms with van der Waals surface area (Å²) in [5.74, 6) is 0. The molecule has 1 heterocycles. The first-order valence-corrected chi connectivity index (χ1v) is 6.28. The lowest BCUT2D eigenvalue weighted by molar-refractivity contribution is -0.130. The van der Waals surface area contributed by atoms with E-state index in [1.54, 1.807) is 0 Å². The molecule has 0 aromatic heterocycles. The zero-order valence-corrected chi connectivity index (χ0v) is 9.93. The summed E-state index contributed by atoms with van der Waals surface area (Å²) in [6.45, 7) is 1.91. The van der Waals surface area contributed by atoms with Gasteiger partial charge < -0.3 is 14.9 Å². The first kappa shape index (κ1) is 11.9. The maximum Gasteiger partial charge on any atom is 0.136 e. The quantitative estimate of drug-likeness (QED) is 0.825. The maximum atomic E-state index is 9.82. The third kappa shape index (κ3) is 2.77. The van der Waals surface area contributed by atoms with Crippen LogP contribution in [0.15, 0.2) is 35.2 Å². The van der Waals surface area contributed by atoms with Crippen molar-refractivity contribution in [3.05, 3.63) is 30.3 Å². The molecule has 0 aliphatic carbocycles. The molecule has 0 unspecified atom stereocenters. The average molecular weight is 240 g/mol. The summed E-state index contributed by atoms with van der Waals surface area (Å²) in [5, 5.41) is 19.5. The fourth-order valence-corrected chi connectivity index (χ4v) is 2.91. The molecule has 3 nitrogen and oxygen atoms in total. The van der Waals surface area contributed by atoms with Crippen molar-refractivity contribution in [1.82, 2.24) is 0 Å². The standard InChI is InChI=1S/C12H16O3S/c1-8-7-10(13)11(14)12(15-8)16-9-5-3-2-4-6-9/h2-6,8,10-14H,7H2,1H3/t8-,10+,11-,12+/m0/s1. The van der Waals surface area contributed by atoms with Crippen molar-refractivity contribution in [1.29, 1.82) is 0 Å². The first-order chi connectivity index (χ1) is 7.66. The number of thioether (sulfide) groups is 1. The Hall–Kier alpha value is -0.550. The lowest BCUT2D eigenvalue weighted by atomic mass is 10.1. The summed E-state index contributed by atoms with van der Waals surface area (Å²) in [6, 6.07) is 9.76. The SMILES string of the molecule is C[C@H]1C[C@@H](O)[C@H](O)[C@@H](Sc2ccccc2)O1. The van der Waals surface area contributed by atoms with E-state index in [0.717, 1.165) is 4.90 Å². The molecule has 16 heavy (non-hydrogen) atoms.